The Bertz CT molecular complexity index is 3280. The number of hydrogen-bond acceptors (Lipinski definition) is 1. The third-order valence-electron chi connectivity index (χ3n) is 12.9. The molecular formula is C60H42N2. The van der Waals surface area contributed by atoms with Gasteiger partial charge in [0.15, 0.2) is 0 Å². The highest BCUT2D eigenvalue weighted by Gasteiger charge is 2.37. The summed E-state index contributed by atoms with van der Waals surface area (Å²) in [6.45, 7) is 0. The normalized spacial score (nSPS) is 15.3. The molecular weight excluding hydrogens is 749 g/mol. The quantitative estimate of drug-likeness (QED) is 0.156. The molecule has 0 saturated carbocycles. The van der Waals surface area contributed by atoms with Crippen LogP contribution < -0.4 is 4.90 Å². The number of fused-ring (bicyclic) bond motifs is 6. The number of benzene rings is 9. The zero-order valence-electron chi connectivity index (χ0n) is 34.1. The van der Waals surface area contributed by atoms with E-state index in [4.69, 9.17) is 0 Å². The van der Waals surface area contributed by atoms with Gasteiger partial charge in [-0.1, -0.05) is 170 Å². The van der Waals surface area contributed by atoms with Gasteiger partial charge in [-0.15, -0.1) is 0 Å². The summed E-state index contributed by atoms with van der Waals surface area (Å²) in [7, 11) is 0. The van der Waals surface area contributed by atoms with E-state index < -0.39 is 0 Å². The first-order chi connectivity index (χ1) is 30.7. The molecule has 2 atom stereocenters. The van der Waals surface area contributed by atoms with Gasteiger partial charge in [0, 0.05) is 33.8 Å². The van der Waals surface area contributed by atoms with Gasteiger partial charge in [-0.2, -0.15) is 0 Å². The van der Waals surface area contributed by atoms with Crippen molar-refractivity contribution in [2.24, 2.45) is 0 Å². The molecule has 62 heavy (non-hydrogen) atoms. The molecule has 2 heterocycles. The first kappa shape index (κ1) is 36.0. The summed E-state index contributed by atoms with van der Waals surface area (Å²) in [5.74, 6) is 0.273. The van der Waals surface area contributed by atoms with Crippen LogP contribution in [0.15, 0.2) is 243 Å². The predicted molar refractivity (Wildman–Crippen MR) is 261 cm³/mol. The Hall–Kier alpha value is -7.94. The summed E-state index contributed by atoms with van der Waals surface area (Å²) >= 11 is 0. The van der Waals surface area contributed by atoms with Crippen molar-refractivity contribution < 1.29 is 0 Å². The van der Waals surface area contributed by atoms with Crippen molar-refractivity contribution in [3.63, 3.8) is 0 Å². The monoisotopic (exact) mass is 790 g/mol. The largest absolute Gasteiger partial charge is 0.333 e. The van der Waals surface area contributed by atoms with Crippen molar-refractivity contribution >= 4 is 33.2 Å². The van der Waals surface area contributed by atoms with E-state index in [2.05, 4.69) is 252 Å². The lowest BCUT2D eigenvalue weighted by molar-refractivity contribution is 0.745. The van der Waals surface area contributed by atoms with Crippen LogP contribution in [0.5, 0.6) is 0 Å². The Kier molecular flexibility index (Phi) is 8.67. The lowest BCUT2D eigenvalue weighted by atomic mass is 9.89. The average Bonchev–Trinajstić information content (AvgIpc) is 3.87. The van der Waals surface area contributed by atoms with Crippen LogP contribution in [0.25, 0.3) is 83.1 Å². The van der Waals surface area contributed by atoms with Crippen molar-refractivity contribution in [2.75, 3.05) is 4.90 Å². The summed E-state index contributed by atoms with van der Waals surface area (Å²) in [6.07, 6.45) is 9.14. The van der Waals surface area contributed by atoms with E-state index in [0.717, 1.165) is 5.69 Å². The molecule has 0 saturated heterocycles. The van der Waals surface area contributed by atoms with E-state index in [9.17, 15) is 0 Å². The number of hydrogen-bond donors (Lipinski definition) is 0. The summed E-state index contributed by atoms with van der Waals surface area (Å²) in [5, 5.41) is 2.51. The molecule has 12 rings (SSSR count). The minimum atomic E-state index is 0.224. The van der Waals surface area contributed by atoms with Gasteiger partial charge in [-0.3, -0.25) is 0 Å². The molecule has 2 unspecified atom stereocenters. The third-order valence-corrected chi connectivity index (χ3v) is 12.9. The second-order valence-corrected chi connectivity index (χ2v) is 16.5. The Morgan fingerprint density at radius 1 is 0.306 bits per heavy atom. The van der Waals surface area contributed by atoms with E-state index in [-0.39, 0.29) is 12.0 Å². The van der Waals surface area contributed by atoms with Crippen LogP contribution in [0.1, 0.15) is 11.5 Å². The van der Waals surface area contributed by atoms with Crippen LogP contribution in [0.4, 0.5) is 11.4 Å². The molecule has 10 aromatic rings. The summed E-state index contributed by atoms with van der Waals surface area (Å²) in [6, 6.07) is 80.2. The average molecular weight is 791 g/mol. The second-order valence-electron chi connectivity index (χ2n) is 16.5. The molecule has 0 N–H and O–H groups in total. The maximum atomic E-state index is 2.53. The van der Waals surface area contributed by atoms with Crippen LogP contribution in [0.2, 0.25) is 0 Å². The first-order valence-corrected chi connectivity index (χ1v) is 21.6. The molecule has 1 aliphatic carbocycles. The standard InChI is InChI=1S/C60H42N2/c1-4-15-41(16-5-1)45-21-14-22-52(38-45)62-58-26-13-11-24-54(58)56-40-47(30-34-60(56)62)46-29-33-59-55(39-46)53-23-10-12-25-57(53)61(59)51-31-27-44(28-32-51)50-36-48(42-17-6-2-7-18-42)35-49(37-50)43-19-8-3-9-20-43/h1-40,54,58H. The van der Waals surface area contributed by atoms with Crippen molar-refractivity contribution in [1.29, 1.82) is 0 Å². The Labute approximate surface area is 362 Å². The van der Waals surface area contributed by atoms with Crippen molar-refractivity contribution in [3.05, 3.63) is 248 Å². The fraction of sp³-hybridized carbons (Fsp3) is 0.0333. The zero-order chi connectivity index (χ0) is 41.0. The third kappa shape index (κ3) is 6.19. The second kappa shape index (κ2) is 15.0. The van der Waals surface area contributed by atoms with Crippen LogP contribution in [-0.2, 0) is 0 Å². The van der Waals surface area contributed by atoms with Crippen LogP contribution in [0.3, 0.4) is 0 Å². The van der Waals surface area contributed by atoms with Gasteiger partial charge >= 0.3 is 0 Å². The summed E-state index contributed by atoms with van der Waals surface area (Å²) in [4.78, 5) is 2.53. The molecule has 1 aromatic heterocycles. The smallest absolute Gasteiger partial charge is 0.0629 e. The van der Waals surface area contributed by atoms with Gasteiger partial charge in [0.1, 0.15) is 0 Å². The number of anilines is 2. The van der Waals surface area contributed by atoms with Crippen molar-refractivity contribution in [3.8, 4) is 61.3 Å². The molecule has 9 aromatic carbocycles. The number of aromatic nitrogens is 1. The minimum Gasteiger partial charge on any atom is -0.333 e. The fourth-order valence-electron chi connectivity index (χ4n) is 9.91. The van der Waals surface area contributed by atoms with Crippen LogP contribution in [-0.4, -0.2) is 10.6 Å². The molecule has 0 spiro atoms. The van der Waals surface area contributed by atoms with Gasteiger partial charge in [0.25, 0.3) is 0 Å². The highest BCUT2D eigenvalue weighted by molar-refractivity contribution is 6.10. The zero-order valence-corrected chi connectivity index (χ0v) is 34.1. The predicted octanol–water partition coefficient (Wildman–Crippen LogP) is 15.8. The van der Waals surface area contributed by atoms with Crippen molar-refractivity contribution in [1.82, 2.24) is 4.57 Å². The Morgan fingerprint density at radius 3 is 1.52 bits per heavy atom. The van der Waals surface area contributed by atoms with E-state index in [1.54, 1.807) is 0 Å². The highest BCUT2D eigenvalue weighted by Crippen LogP contribution is 2.49. The van der Waals surface area contributed by atoms with E-state index in [0.29, 0.717) is 0 Å². The Morgan fingerprint density at radius 2 is 0.823 bits per heavy atom. The maximum absolute atomic E-state index is 2.53. The SMILES string of the molecule is C1=CC2c3cc(-c4ccc5c(c4)c4ccccc4n5-c4ccc(-c5cc(-c6ccccc6)cc(-c6ccccc6)c5)cc4)ccc3N(c3cccc(-c4ccccc4)c3)C2C=C1. The maximum Gasteiger partial charge on any atom is 0.0629 e. The van der Waals surface area contributed by atoms with E-state index in [1.807, 2.05) is 0 Å². The Balaban J connectivity index is 0.913. The number of para-hydroxylation sites is 1. The molecule has 292 valence electrons. The van der Waals surface area contributed by atoms with Crippen LogP contribution >= 0.6 is 0 Å². The molecule has 0 amide bonds. The van der Waals surface area contributed by atoms with Gasteiger partial charge in [-0.25, -0.2) is 0 Å². The number of allylic oxidation sites excluding steroid dienone is 2. The summed E-state index contributed by atoms with van der Waals surface area (Å²) in [5.41, 5.74) is 19.6. The molecule has 1 aliphatic heterocycles. The van der Waals surface area contributed by atoms with E-state index in [1.165, 1.54) is 94.4 Å². The van der Waals surface area contributed by atoms with E-state index >= 15 is 0 Å². The van der Waals surface area contributed by atoms with Gasteiger partial charge in [-0.05, 0) is 134 Å². The van der Waals surface area contributed by atoms with Crippen molar-refractivity contribution in [2.45, 2.75) is 12.0 Å². The van der Waals surface area contributed by atoms with Gasteiger partial charge in [0.2, 0.25) is 0 Å². The molecule has 2 heteroatoms. The van der Waals surface area contributed by atoms with Gasteiger partial charge in [0.05, 0.1) is 17.1 Å². The number of rotatable bonds is 7. The first-order valence-electron chi connectivity index (χ1n) is 21.6. The number of nitrogens with zero attached hydrogens (tertiary/aromatic N) is 2. The summed E-state index contributed by atoms with van der Waals surface area (Å²) < 4.78 is 2.42. The molecule has 0 radical (unpaired) electrons. The lowest BCUT2D eigenvalue weighted by Crippen LogP contribution is -2.28. The highest BCUT2D eigenvalue weighted by atomic mass is 15.2. The molecule has 0 fully saturated rings. The lowest BCUT2D eigenvalue weighted by Gasteiger charge is -2.29. The molecule has 2 aliphatic rings. The molecule has 2 nitrogen and oxygen atoms in total. The van der Waals surface area contributed by atoms with Gasteiger partial charge < -0.3 is 9.47 Å². The minimum absolute atomic E-state index is 0.224. The fourth-order valence-corrected chi connectivity index (χ4v) is 9.91. The topological polar surface area (TPSA) is 8.17 Å². The van der Waals surface area contributed by atoms with Crippen LogP contribution in [0, 0.1) is 0 Å². The molecule has 0 bridgehead atoms.